The molecule has 1 N–H and O–H groups in total. The fourth-order valence-electron chi connectivity index (χ4n) is 3.26. The number of rotatable bonds is 6. The van der Waals surface area contributed by atoms with E-state index in [0.29, 0.717) is 25.3 Å². The Hall–Kier alpha value is -0.770. The molecule has 0 aromatic rings. The molecule has 0 spiro atoms. The van der Waals surface area contributed by atoms with E-state index in [2.05, 4.69) is 5.32 Å². The zero-order chi connectivity index (χ0) is 14.8. The third-order valence-corrected chi connectivity index (χ3v) is 4.48. The van der Waals surface area contributed by atoms with Gasteiger partial charge in [-0.05, 0) is 32.6 Å². The lowest BCUT2D eigenvalue weighted by atomic mass is 9.95. The highest BCUT2D eigenvalue weighted by atomic mass is 16.5. The smallest absolute Gasteiger partial charge is 0.285 e. The molecule has 2 fully saturated rings. The van der Waals surface area contributed by atoms with E-state index in [1.165, 1.54) is 64.2 Å². The molecule has 0 saturated heterocycles. The summed E-state index contributed by atoms with van der Waals surface area (Å²) in [4.78, 5) is 4.86. The van der Waals surface area contributed by atoms with E-state index in [-0.39, 0.29) is 0 Å². The Morgan fingerprint density at radius 1 is 0.952 bits per heavy atom. The van der Waals surface area contributed by atoms with Crippen molar-refractivity contribution in [2.75, 3.05) is 19.8 Å². The van der Waals surface area contributed by atoms with Gasteiger partial charge >= 0.3 is 0 Å². The average Bonchev–Trinajstić information content (AvgIpc) is 2.53. The monoisotopic (exact) mass is 296 g/mol. The summed E-state index contributed by atoms with van der Waals surface area (Å²) < 4.78 is 11.2. The van der Waals surface area contributed by atoms with Gasteiger partial charge in [0.15, 0.2) is 0 Å². The van der Waals surface area contributed by atoms with Crippen LogP contribution in [0, 0.1) is 0 Å². The lowest BCUT2D eigenvalue weighted by Crippen LogP contribution is -2.39. The van der Waals surface area contributed by atoms with Crippen molar-refractivity contribution in [3.8, 4) is 0 Å². The molecule has 0 atom stereocenters. The fraction of sp³-hybridized carbons (Fsp3) is 0.941. The predicted octanol–water partition coefficient (Wildman–Crippen LogP) is 3.65. The second-order valence-electron chi connectivity index (χ2n) is 6.25. The Morgan fingerprint density at radius 2 is 1.62 bits per heavy atom. The van der Waals surface area contributed by atoms with Crippen LogP contribution < -0.4 is 5.32 Å². The third-order valence-electron chi connectivity index (χ3n) is 4.48. The SMILES string of the molecule is CCOCCOC(=NC1CCCCC1)NC1CCCCC1. The summed E-state index contributed by atoms with van der Waals surface area (Å²) in [6, 6.07) is 1.78. The van der Waals surface area contributed by atoms with Gasteiger partial charge in [-0.25, -0.2) is 4.99 Å². The molecule has 2 saturated carbocycles. The number of hydrogen-bond donors (Lipinski definition) is 1. The van der Waals surface area contributed by atoms with Crippen molar-refractivity contribution in [1.29, 1.82) is 0 Å². The molecule has 0 heterocycles. The van der Waals surface area contributed by atoms with Crippen molar-refractivity contribution in [1.82, 2.24) is 5.32 Å². The fourth-order valence-corrected chi connectivity index (χ4v) is 3.26. The van der Waals surface area contributed by atoms with Crippen LogP contribution in [0.15, 0.2) is 4.99 Å². The Bertz CT molecular complexity index is 295. The van der Waals surface area contributed by atoms with Gasteiger partial charge in [0, 0.05) is 12.6 Å². The summed E-state index contributed by atoms with van der Waals surface area (Å²) in [5.41, 5.74) is 0. The minimum Gasteiger partial charge on any atom is -0.463 e. The van der Waals surface area contributed by atoms with E-state index in [1.54, 1.807) is 0 Å². The van der Waals surface area contributed by atoms with Crippen LogP contribution in [0.5, 0.6) is 0 Å². The van der Waals surface area contributed by atoms with Crippen LogP contribution in [0.1, 0.15) is 71.1 Å². The van der Waals surface area contributed by atoms with Gasteiger partial charge in [-0.3, -0.25) is 0 Å². The molecule has 21 heavy (non-hydrogen) atoms. The Balaban J connectivity index is 1.83. The summed E-state index contributed by atoms with van der Waals surface area (Å²) in [5.74, 6) is 0. The summed E-state index contributed by atoms with van der Waals surface area (Å²) in [6.07, 6.45) is 12.9. The number of amidine groups is 1. The van der Waals surface area contributed by atoms with Crippen molar-refractivity contribution in [3.05, 3.63) is 0 Å². The zero-order valence-corrected chi connectivity index (χ0v) is 13.6. The van der Waals surface area contributed by atoms with Crippen LogP contribution in [0.4, 0.5) is 0 Å². The first kappa shape index (κ1) is 16.6. The van der Waals surface area contributed by atoms with Gasteiger partial charge in [-0.1, -0.05) is 38.5 Å². The molecule has 0 radical (unpaired) electrons. The van der Waals surface area contributed by atoms with E-state index in [1.807, 2.05) is 6.92 Å². The number of nitrogens with zero attached hydrogens (tertiary/aromatic N) is 1. The number of aliphatic imine (C=N–C) groups is 1. The maximum absolute atomic E-state index is 5.86. The second-order valence-corrected chi connectivity index (χ2v) is 6.25. The predicted molar refractivity (Wildman–Crippen MR) is 86.8 cm³/mol. The summed E-state index contributed by atoms with van der Waals surface area (Å²) in [6.45, 7) is 4.00. The van der Waals surface area contributed by atoms with Crippen molar-refractivity contribution in [3.63, 3.8) is 0 Å². The first-order valence-electron chi connectivity index (χ1n) is 8.93. The van der Waals surface area contributed by atoms with Gasteiger partial charge in [-0.15, -0.1) is 0 Å². The highest BCUT2D eigenvalue weighted by Crippen LogP contribution is 2.21. The molecule has 2 aliphatic carbocycles. The molecule has 0 aromatic heterocycles. The molecular formula is C17H32N2O2. The standard InChI is InChI=1S/C17H32N2O2/c1-2-20-13-14-21-17(18-15-9-5-3-6-10-15)19-16-11-7-4-8-12-16/h15-16H,2-14H2,1H3,(H,18,19). The first-order valence-corrected chi connectivity index (χ1v) is 8.93. The molecule has 0 aromatic carbocycles. The molecule has 2 aliphatic rings. The minimum absolute atomic E-state index is 0.455. The second kappa shape index (κ2) is 10.0. The normalized spacial score (nSPS) is 22.2. The summed E-state index contributed by atoms with van der Waals surface area (Å²) in [5, 5.41) is 3.55. The Kier molecular flexibility index (Phi) is 7.94. The van der Waals surface area contributed by atoms with Gasteiger partial charge in [0.25, 0.3) is 6.02 Å². The topological polar surface area (TPSA) is 42.9 Å². The van der Waals surface area contributed by atoms with E-state index < -0.39 is 0 Å². The van der Waals surface area contributed by atoms with Gasteiger partial charge in [-0.2, -0.15) is 0 Å². The lowest BCUT2D eigenvalue weighted by molar-refractivity contribution is 0.102. The van der Waals surface area contributed by atoms with E-state index in [0.717, 1.165) is 12.6 Å². The summed E-state index contributed by atoms with van der Waals surface area (Å²) >= 11 is 0. The van der Waals surface area contributed by atoms with Crippen LogP contribution in [-0.2, 0) is 9.47 Å². The number of nitrogens with one attached hydrogen (secondary N) is 1. The van der Waals surface area contributed by atoms with Crippen LogP contribution in [0.3, 0.4) is 0 Å². The first-order chi connectivity index (χ1) is 10.4. The Labute approximate surface area is 129 Å². The van der Waals surface area contributed by atoms with Gasteiger partial charge < -0.3 is 14.8 Å². The molecule has 2 rings (SSSR count). The van der Waals surface area contributed by atoms with Crippen LogP contribution in [0.2, 0.25) is 0 Å². The van der Waals surface area contributed by atoms with Crippen LogP contribution in [0.25, 0.3) is 0 Å². The highest BCUT2D eigenvalue weighted by molar-refractivity contribution is 5.74. The van der Waals surface area contributed by atoms with Crippen molar-refractivity contribution in [2.24, 2.45) is 4.99 Å². The van der Waals surface area contributed by atoms with Gasteiger partial charge in [0.05, 0.1) is 12.6 Å². The molecule has 0 aliphatic heterocycles. The quantitative estimate of drug-likeness (QED) is 0.462. The maximum atomic E-state index is 5.86. The molecule has 4 nitrogen and oxygen atoms in total. The van der Waals surface area contributed by atoms with E-state index >= 15 is 0 Å². The number of ether oxygens (including phenoxy) is 2. The maximum Gasteiger partial charge on any atom is 0.285 e. The van der Waals surface area contributed by atoms with Gasteiger partial charge in [0.2, 0.25) is 0 Å². The molecule has 0 amide bonds. The van der Waals surface area contributed by atoms with E-state index in [4.69, 9.17) is 14.5 Å². The molecule has 4 heteroatoms. The van der Waals surface area contributed by atoms with Crippen LogP contribution in [-0.4, -0.2) is 37.9 Å². The van der Waals surface area contributed by atoms with Gasteiger partial charge in [0.1, 0.15) is 6.61 Å². The molecule has 0 unspecified atom stereocenters. The summed E-state index contributed by atoms with van der Waals surface area (Å²) in [7, 11) is 0. The van der Waals surface area contributed by atoms with Crippen molar-refractivity contribution < 1.29 is 9.47 Å². The lowest BCUT2D eigenvalue weighted by Gasteiger charge is -2.26. The molecule has 122 valence electrons. The van der Waals surface area contributed by atoms with Crippen LogP contribution >= 0.6 is 0 Å². The third kappa shape index (κ3) is 6.68. The number of hydrogen-bond acceptors (Lipinski definition) is 3. The van der Waals surface area contributed by atoms with E-state index in [9.17, 15) is 0 Å². The zero-order valence-electron chi connectivity index (χ0n) is 13.6. The Morgan fingerprint density at radius 3 is 2.29 bits per heavy atom. The van der Waals surface area contributed by atoms with Crippen molar-refractivity contribution >= 4 is 6.02 Å². The average molecular weight is 296 g/mol. The highest BCUT2D eigenvalue weighted by Gasteiger charge is 2.18. The molecular weight excluding hydrogens is 264 g/mol. The van der Waals surface area contributed by atoms with Crippen molar-refractivity contribution in [2.45, 2.75) is 83.2 Å². The largest absolute Gasteiger partial charge is 0.463 e. The molecule has 0 bridgehead atoms. The minimum atomic E-state index is 0.455.